The predicted molar refractivity (Wildman–Crippen MR) is 104 cm³/mol. The van der Waals surface area contributed by atoms with Gasteiger partial charge in [0.2, 0.25) is 5.91 Å². The van der Waals surface area contributed by atoms with Crippen molar-refractivity contribution >= 4 is 29.3 Å². The molecule has 3 amide bonds. The van der Waals surface area contributed by atoms with Crippen LogP contribution in [-0.2, 0) is 9.53 Å². The molecule has 4 rings (SSSR count). The molecule has 0 bridgehead atoms. The van der Waals surface area contributed by atoms with Gasteiger partial charge in [0.15, 0.2) is 0 Å². The van der Waals surface area contributed by atoms with E-state index in [0.717, 1.165) is 17.8 Å². The van der Waals surface area contributed by atoms with E-state index in [-0.39, 0.29) is 18.4 Å². The number of benzene rings is 2. The zero-order valence-corrected chi connectivity index (χ0v) is 15.3. The summed E-state index contributed by atoms with van der Waals surface area (Å²) in [6, 6.07) is 16.3. The van der Waals surface area contributed by atoms with E-state index in [1.165, 1.54) is 0 Å². The average molecular weight is 379 g/mol. The van der Waals surface area contributed by atoms with Gasteiger partial charge in [-0.3, -0.25) is 14.5 Å². The summed E-state index contributed by atoms with van der Waals surface area (Å²) in [4.78, 5) is 39.8. The van der Waals surface area contributed by atoms with Gasteiger partial charge in [0, 0.05) is 29.9 Å². The minimum absolute atomic E-state index is 0.0800. The van der Waals surface area contributed by atoms with Crippen LogP contribution >= 0.6 is 0 Å². The fourth-order valence-corrected chi connectivity index (χ4v) is 3.49. The first kappa shape index (κ1) is 18.0. The maximum atomic E-state index is 12.5. The largest absolute Gasteiger partial charge is 0.442 e. The van der Waals surface area contributed by atoms with Crippen molar-refractivity contribution in [1.29, 1.82) is 0 Å². The van der Waals surface area contributed by atoms with E-state index in [0.29, 0.717) is 25.1 Å². The van der Waals surface area contributed by atoms with E-state index >= 15 is 0 Å². The Bertz CT molecular complexity index is 900. The summed E-state index contributed by atoms with van der Waals surface area (Å²) in [5.41, 5.74) is 1.98. The minimum atomic E-state index is -0.417. The van der Waals surface area contributed by atoms with Crippen LogP contribution in [0.2, 0.25) is 0 Å². The van der Waals surface area contributed by atoms with Crippen LogP contribution in [-0.4, -0.2) is 43.6 Å². The highest BCUT2D eigenvalue weighted by atomic mass is 16.6. The highest BCUT2D eigenvalue weighted by molar-refractivity contribution is 5.99. The molecule has 2 aromatic rings. The molecular weight excluding hydrogens is 358 g/mol. The lowest BCUT2D eigenvalue weighted by Crippen LogP contribution is -2.34. The molecule has 1 unspecified atom stereocenters. The summed E-state index contributed by atoms with van der Waals surface area (Å²) in [5, 5.41) is 2.82. The normalized spacial score (nSPS) is 19.1. The van der Waals surface area contributed by atoms with Gasteiger partial charge in [0.1, 0.15) is 6.10 Å². The topological polar surface area (TPSA) is 79.0 Å². The van der Waals surface area contributed by atoms with Crippen molar-refractivity contribution < 1.29 is 19.1 Å². The van der Waals surface area contributed by atoms with Crippen LogP contribution in [0.5, 0.6) is 0 Å². The molecule has 2 aliphatic rings. The zero-order valence-electron chi connectivity index (χ0n) is 15.3. The van der Waals surface area contributed by atoms with E-state index in [2.05, 4.69) is 5.32 Å². The number of ether oxygens (including phenoxy) is 1. The molecule has 2 aromatic carbocycles. The number of nitrogens with one attached hydrogen (secondary N) is 1. The third-order valence-electron chi connectivity index (χ3n) is 4.93. The van der Waals surface area contributed by atoms with Crippen molar-refractivity contribution in [3.8, 4) is 0 Å². The van der Waals surface area contributed by atoms with E-state index in [1.54, 1.807) is 28.0 Å². The van der Waals surface area contributed by atoms with Crippen LogP contribution in [0.3, 0.4) is 0 Å². The molecule has 144 valence electrons. The Morgan fingerprint density at radius 1 is 1.04 bits per heavy atom. The summed E-state index contributed by atoms with van der Waals surface area (Å²) >= 11 is 0. The van der Waals surface area contributed by atoms with E-state index < -0.39 is 12.2 Å². The molecule has 0 radical (unpaired) electrons. The number of carbonyl (C=O) groups is 3. The summed E-state index contributed by atoms with van der Waals surface area (Å²) in [6.07, 6.45) is 0.543. The number of nitrogens with zero attached hydrogens (tertiary/aromatic N) is 2. The van der Waals surface area contributed by atoms with Gasteiger partial charge in [-0.25, -0.2) is 4.79 Å². The third kappa shape index (κ3) is 3.69. The number of rotatable bonds is 5. The van der Waals surface area contributed by atoms with Crippen LogP contribution in [0.1, 0.15) is 23.2 Å². The zero-order chi connectivity index (χ0) is 19.5. The lowest BCUT2D eigenvalue weighted by molar-refractivity contribution is -0.117. The van der Waals surface area contributed by atoms with Gasteiger partial charge in [-0.2, -0.15) is 0 Å². The molecule has 2 heterocycles. The first-order chi connectivity index (χ1) is 13.6. The second-order valence-electron chi connectivity index (χ2n) is 6.86. The molecule has 1 atom stereocenters. The van der Waals surface area contributed by atoms with Crippen LogP contribution in [0.15, 0.2) is 54.6 Å². The molecule has 28 heavy (non-hydrogen) atoms. The smallest absolute Gasteiger partial charge is 0.414 e. The second-order valence-corrected chi connectivity index (χ2v) is 6.86. The van der Waals surface area contributed by atoms with Crippen molar-refractivity contribution in [2.24, 2.45) is 0 Å². The van der Waals surface area contributed by atoms with Crippen molar-refractivity contribution in [2.75, 3.05) is 29.4 Å². The van der Waals surface area contributed by atoms with Gasteiger partial charge in [-0.05, 0) is 36.8 Å². The van der Waals surface area contributed by atoms with Gasteiger partial charge >= 0.3 is 6.09 Å². The second kappa shape index (κ2) is 7.72. The quantitative estimate of drug-likeness (QED) is 0.866. The molecule has 2 saturated heterocycles. The SMILES string of the molecule is O=C(NCC1CN(c2ccccc2)C(=O)O1)c1cccc(N2CCCC2=O)c1. The van der Waals surface area contributed by atoms with E-state index in [9.17, 15) is 14.4 Å². The number of para-hydroxylation sites is 1. The first-order valence-electron chi connectivity index (χ1n) is 9.33. The van der Waals surface area contributed by atoms with Crippen molar-refractivity contribution in [1.82, 2.24) is 5.32 Å². The molecule has 7 nitrogen and oxygen atoms in total. The number of carbonyl (C=O) groups excluding carboxylic acids is 3. The summed E-state index contributed by atoms with van der Waals surface area (Å²) in [7, 11) is 0. The Labute approximate surface area is 162 Å². The molecule has 2 aliphatic heterocycles. The Morgan fingerprint density at radius 2 is 1.82 bits per heavy atom. The van der Waals surface area contributed by atoms with Gasteiger partial charge in [0.25, 0.3) is 5.91 Å². The molecule has 0 aromatic heterocycles. The maximum Gasteiger partial charge on any atom is 0.414 e. The molecule has 0 aliphatic carbocycles. The first-order valence-corrected chi connectivity index (χ1v) is 9.33. The molecule has 0 spiro atoms. The van der Waals surface area contributed by atoms with E-state index in [4.69, 9.17) is 4.74 Å². The molecule has 1 N–H and O–H groups in total. The Balaban J connectivity index is 1.36. The highest BCUT2D eigenvalue weighted by Gasteiger charge is 2.32. The van der Waals surface area contributed by atoms with Gasteiger partial charge < -0.3 is 15.0 Å². The third-order valence-corrected chi connectivity index (χ3v) is 4.93. The molecule has 2 fully saturated rings. The minimum Gasteiger partial charge on any atom is -0.442 e. The monoisotopic (exact) mass is 379 g/mol. The number of hydrogen-bond donors (Lipinski definition) is 1. The lowest BCUT2D eigenvalue weighted by atomic mass is 10.1. The number of anilines is 2. The number of amides is 3. The van der Waals surface area contributed by atoms with Crippen LogP contribution in [0.25, 0.3) is 0 Å². The van der Waals surface area contributed by atoms with E-state index in [1.807, 2.05) is 36.4 Å². The lowest BCUT2D eigenvalue weighted by Gasteiger charge is -2.17. The number of hydrogen-bond acceptors (Lipinski definition) is 4. The summed E-state index contributed by atoms with van der Waals surface area (Å²) in [5.74, 6) is -0.181. The predicted octanol–water partition coefficient (Wildman–Crippen LogP) is 2.57. The standard InChI is InChI=1S/C21H21N3O4/c25-19-10-5-11-23(19)17-9-4-6-15(12-17)20(26)22-13-18-14-24(21(27)28-18)16-7-2-1-3-8-16/h1-4,6-9,12,18H,5,10-11,13-14H2,(H,22,26). The fraction of sp³-hybridized carbons (Fsp3) is 0.286. The average Bonchev–Trinajstić information content (AvgIpc) is 3.32. The number of cyclic esters (lactones) is 1. The maximum absolute atomic E-state index is 12.5. The van der Waals surface area contributed by atoms with Crippen molar-refractivity contribution in [3.05, 3.63) is 60.2 Å². The van der Waals surface area contributed by atoms with Gasteiger partial charge in [0.05, 0.1) is 13.1 Å². The summed E-state index contributed by atoms with van der Waals surface area (Å²) < 4.78 is 5.35. The Hall–Kier alpha value is -3.35. The summed E-state index contributed by atoms with van der Waals surface area (Å²) in [6.45, 7) is 1.28. The van der Waals surface area contributed by atoms with Gasteiger partial charge in [-0.15, -0.1) is 0 Å². The molecule has 7 heteroatoms. The Kier molecular flexibility index (Phi) is 4.97. The highest BCUT2D eigenvalue weighted by Crippen LogP contribution is 2.23. The van der Waals surface area contributed by atoms with Crippen LogP contribution in [0.4, 0.5) is 16.2 Å². The van der Waals surface area contributed by atoms with Crippen molar-refractivity contribution in [2.45, 2.75) is 18.9 Å². The van der Waals surface area contributed by atoms with Gasteiger partial charge in [-0.1, -0.05) is 24.3 Å². The van der Waals surface area contributed by atoms with Crippen molar-refractivity contribution in [3.63, 3.8) is 0 Å². The Morgan fingerprint density at radius 3 is 2.57 bits per heavy atom. The fourth-order valence-electron chi connectivity index (χ4n) is 3.49. The van der Waals surface area contributed by atoms with Crippen LogP contribution < -0.4 is 15.1 Å². The van der Waals surface area contributed by atoms with Crippen LogP contribution in [0, 0.1) is 0 Å². The molecule has 0 saturated carbocycles. The molecular formula is C21H21N3O4.